The van der Waals surface area contributed by atoms with E-state index in [0.717, 1.165) is 57.4 Å². The van der Waals surface area contributed by atoms with Gasteiger partial charge in [-0.25, -0.2) is 4.98 Å². The number of anilines is 1. The minimum Gasteiger partial charge on any atom is -0.365 e. The molecule has 2 aromatic carbocycles. The van der Waals surface area contributed by atoms with Crippen molar-refractivity contribution < 1.29 is 9.59 Å². The largest absolute Gasteiger partial charge is 0.365 e. The molecular formula is C30H31N3O2S. The molecule has 1 aliphatic carbocycles. The lowest BCUT2D eigenvalue weighted by atomic mass is 9.72. The van der Waals surface area contributed by atoms with E-state index in [4.69, 9.17) is 10.7 Å². The molecule has 3 N–H and O–H groups in total. The van der Waals surface area contributed by atoms with E-state index >= 15 is 0 Å². The van der Waals surface area contributed by atoms with Gasteiger partial charge in [0.2, 0.25) is 0 Å². The van der Waals surface area contributed by atoms with Crippen LogP contribution in [0.3, 0.4) is 0 Å². The molecule has 0 saturated carbocycles. The van der Waals surface area contributed by atoms with Crippen molar-refractivity contribution >= 4 is 39.1 Å². The molecule has 0 radical (unpaired) electrons. The van der Waals surface area contributed by atoms with Crippen LogP contribution in [0.15, 0.2) is 54.6 Å². The summed E-state index contributed by atoms with van der Waals surface area (Å²) in [7, 11) is 0. The van der Waals surface area contributed by atoms with Crippen LogP contribution in [0.25, 0.3) is 22.2 Å². The van der Waals surface area contributed by atoms with Crippen LogP contribution in [0.1, 0.15) is 63.9 Å². The molecule has 36 heavy (non-hydrogen) atoms. The maximum absolute atomic E-state index is 13.7. The fourth-order valence-corrected chi connectivity index (χ4v) is 6.49. The molecule has 1 atom stereocenters. The molecule has 5 nitrogen and oxygen atoms in total. The highest BCUT2D eigenvalue weighted by Crippen LogP contribution is 2.44. The van der Waals surface area contributed by atoms with Gasteiger partial charge in [-0.1, -0.05) is 62.7 Å². The van der Waals surface area contributed by atoms with Gasteiger partial charge in [-0.15, -0.1) is 11.3 Å². The minimum atomic E-state index is -0.489. The first-order chi connectivity index (χ1) is 17.1. The van der Waals surface area contributed by atoms with Gasteiger partial charge in [0.25, 0.3) is 11.8 Å². The van der Waals surface area contributed by atoms with E-state index in [9.17, 15) is 9.59 Å². The standard InChI is InChI=1S/C30H31N3O2S/c1-17-8-7-9-18(14-17)24-16-22(20-10-5-6-11-23(20)32-24)28(35)33-29-26(27(31)34)21-13-12-19(30(2,3)4)15-25(21)36-29/h5-11,14,16,19H,12-13,15H2,1-4H3,(H2,31,34)(H,33,35)/t19-/m1/s1. The summed E-state index contributed by atoms with van der Waals surface area (Å²) in [4.78, 5) is 32.2. The molecule has 0 aliphatic heterocycles. The summed E-state index contributed by atoms with van der Waals surface area (Å²) in [5, 5.41) is 4.36. The topological polar surface area (TPSA) is 85.1 Å². The first kappa shape index (κ1) is 24.2. The number of fused-ring (bicyclic) bond motifs is 2. The Hall–Kier alpha value is -3.51. The van der Waals surface area contributed by atoms with Crippen molar-refractivity contribution in [3.05, 3.63) is 81.7 Å². The van der Waals surface area contributed by atoms with Crippen LogP contribution < -0.4 is 11.1 Å². The van der Waals surface area contributed by atoms with Gasteiger partial charge in [0, 0.05) is 15.8 Å². The maximum Gasteiger partial charge on any atom is 0.257 e. The molecule has 1 aliphatic rings. The molecule has 184 valence electrons. The van der Waals surface area contributed by atoms with Crippen molar-refractivity contribution in [1.29, 1.82) is 0 Å². The lowest BCUT2D eigenvalue weighted by Crippen LogP contribution is -2.27. The van der Waals surface area contributed by atoms with Crippen LogP contribution in [0.4, 0.5) is 5.00 Å². The monoisotopic (exact) mass is 497 g/mol. The molecule has 0 unspecified atom stereocenters. The minimum absolute atomic E-state index is 0.181. The second kappa shape index (κ2) is 9.17. The third-order valence-electron chi connectivity index (χ3n) is 7.24. The number of hydrogen-bond acceptors (Lipinski definition) is 4. The fourth-order valence-electron chi connectivity index (χ4n) is 5.16. The number of para-hydroxylation sites is 1. The highest BCUT2D eigenvalue weighted by molar-refractivity contribution is 7.17. The van der Waals surface area contributed by atoms with Crippen molar-refractivity contribution in [3.8, 4) is 11.3 Å². The molecule has 0 bridgehead atoms. The maximum atomic E-state index is 13.7. The SMILES string of the molecule is Cc1cccc(-c2cc(C(=O)Nc3sc4c(c3C(N)=O)CC[C@@H](C(C)(C)C)C4)c3ccccc3n2)c1. The lowest BCUT2D eigenvalue weighted by Gasteiger charge is -2.33. The number of carbonyl (C=O) groups is 2. The molecule has 5 rings (SSSR count). The smallest absolute Gasteiger partial charge is 0.257 e. The van der Waals surface area contributed by atoms with Crippen LogP contribution in [-0.2, 0) is 12.8 Å². The van der Waals surface area contributed by atoms with Gasteiger partial charge in [0.05, 0.1) is 22.3 Å². The number of nitrogens with one attached hydrogen (secondary N) is 1. The number of primary amides is 1. The summed E-state index contributed by atoms with van der Waals surface area (Å²) in [6, 6.07) is 17.5. The summed E-state index contributed by atoms with van der Waals surface area (Å²) in [5.41, 5.74) is 11.6. The molecule has 2 heterocycles. The molecule has 0 saturated heterocycles. The number of amides is 2. The lowest BCUT2D eigenvalue weighted by molar-refractivity contribution is 0.1000. The average Bonchev–Trinajstić information content (AvgIpc) is 3.20. The molecule has 4 aromatic rings. The van der Waals surface area contributed by atoms with Crippen LogP contribution in [0.2, 0.25) is 0 Å². The highest BCUT2D eigenvalue weighted by Gasteiger charge is 2.33. The van der Waals surface area contributed by atoms with Crippen LogP contribution in [0.5, 0.6) is 0 Å². The zero-order valence-corrected chi connectivity index (χ0v) is 22.0. The Morgan fingerprint density at radius 1 is 1.08 bits per heavy atom. The Labute approximate surface area is 215 Å². The number of rotatable bonds is 4. The van der Waals surface area contributed by atoms with Gasteiger partial charge in [-0.05, 0) is 61.3 Å². The number of nitrogens with zero attached hydrogens (tertiary/aromatic N) is 1. The van der Waals surface area contributed by atoms with Crippen molar-refractivity contribution in [1.82, 2.24) is 4.98 Å². The Bertz CT molecular complexity index is 1500. The van der Waals surface area contributed by atoms with Gasteiger partial charge >= 0.3 is 0 Å². The number of carbonyl (C=O) groups excluding carboxylic acids is 2. The Morgan fingerprint density at radius 3 is 2.58 bits per heavy atom. The number of benzene rings is 2. The number of thiophene rings is 1. The van der Waals surface area contributed by atoms with Gasteiger partial charge in [-0.3, -0.25) is 9.59 Å². The zero-order valence-electron chi connectivity index (χ0n) is 21.1. The van der Waals surface area contributed by atoms with Crippen molar-refractivity contribution in [2.45, 2.75) is 47.0 Å². The van der Waals surface area contributed by atoms with Crippen molar-refractivity contribution in [2.24, 2.45) is 17.1 Å². The first-order valence-corrected chi connectivity index (χ1v) is 13.2. The summed E-state index contributed by atoms with van der Waals surface area (Å²) in [5.74, 6) is -0.234. The van der Waals surface area contributed by atoms with E-state index in [1.165, 1.54) is 11.3 Å². The number of pyridine rings is 1. The third kappa shape index (κ3) is 4.53. The van der Waals surface area contributed by atoms with Crippen molar-refractivity contribution in [2.75, 3.05) is 5.32 Å². The van der Waals surface area contributed by atoms with Crippen molar-refractivity contribution in [3.63, 3.8) is 0 Å². The molecule has 0 spiro atoms. The summed E-state index contributed by atoms with van der Waals surface area (Å²) >= 11 is 1.49. The molecular weight excluding hydrogens is 466 g/mol. The van der Waals surface area contributed by atoms with Crippen LogP contribution in [0, 0.1) is 18.3 Å². The van der Waals surface area contributed by atoms with E-state index in [0.29, 0.717) is 22.0 Å². The number of aryl methyl sites for hydroxylation is 1. The average molecular weight is 498 g/mol. The normalized spacial score (nSPS) is 15.5. The van der Waals surface area contributed by atoms with Gasteiger partial charge in [-0.2, -0.15) is 0 Å². The molecule has 2 amide bonds. The predicted molar refractivity (Wildman–Crippen MR) is 148 cm³/mol. The predicted octanol–water partition coefficient (Wildman–Crippen LogP) is 6.77. The quantitative estimate of drug-likeness (QED) is 0.326. The highest BCUT2D eigenvalue weighted by atomic mass is 32.1. The van der Waals surface area contributed by atoms with Crippen LogP contribution >= 0.6 is 11.3 Å². The van der Waals surface area contributed by atoms with E-state index in [-0.39, 0.29) is 11.3 Å². The molecule has 0 fully saturated rings. The molecule has 2 aromatic heterocycles. The summed E-state index contributed by atoms with van der Waals surface area (Å²) < 4.78 is 0. The van der Waals surface area contributed by atoms with E-state index in [2.05, 4.69) is 32.2 Å². The number of nitrogens with two attached hydrogens (primary N) is 1. The Balaban J connectivity index is 1.55. The van der Waals surface area contributed by atoms with E-state index < -0.39 is 5.91 Å². The summed E-state index contributed by atoms with van der Waals surface area (Å²) in [6.45, 7) is 8.81. The van der Waals surface area contributed by atoms with E-state index in [1.807, 2.05) is 55.5 Å². The first-order valence-electron chi connectivity index (χ1n) is 12.3. The Kier molecular flexibility index (Phi) is 6.17. The zero-order chi connectivity index (χ0) is 25.6. The van der Waals surface area contributed by atoms with Gasteiger partial charge in [0.15, 0.2) is 0 Å². The summed E-state index contributed by atoms with van der Waals surface area (Å²) in [6.07, 6.45) is 2.71. The van der Waals surface area contributed by atoms with E-state index in [1.54, 1.807) is 0 Å². The second-order valence-electron chi connectivity index (χ2n) is 10.8. The van der Waals surface area contributed by atoms with Gasteiger partial charge < -0.3 is 11.1 Å². The molecule has 6 heteroatoms. The third-order valence-corrected chi connectivity index (χ3v) is 8.41. The second-order valence-corrected chi connectivity index (χ2v) is 11.9. The van der Waals surface area contributed by atoms with Crippen LogP contribution in [-0.4, -0.2) is 16.8 Å². The fraction of sp³-hybridized carbons (Fsp3) is 0.300. The number of hydrogen-bond donors (Lipinski definition) is 2. The number of aromatic nitrogens is 1. The van der Waals surface area contributed by atoms with Gasteiger partial charge in [0.1, 0.15) is 5.00 Å². The Morgan fingerprint density at radius 2 is 1.86 bits per heavy atom.